The van der Waals surface area contributed by atoms with E-state index in [1.807, 2.05) is 4.90 Å². The molecule has 0 bridgehead atoms. The SMILES string of the molecule is C=CCC(=O)N1CCOC(CCCC(C)C)C1. The third kappa shape index (κ3) is 5.35. The van der Waals surface area contributed by atoms with E-state index in [-0.39, 0.29) is 12.0 Å². The molecule has 0 aromatic rings. The summed E-state index contributed by atoms with van der Waals surface area (Å²) >= 11 is 0. The number of rotatable bonds is 6. The molecule has 0 saturated carbocycles. The van der Waals surface area contributed by atoms with Crippen LogP contribution in [0.1, 0.15) is 39.5 Å². The molecule has 17 heavy (non-hydrogen) atoms. The lowest BCUT2D eigenvalue weighted by molar-refractivity contribution is -0.138. The van der Waals surface area contributed by atoms with Crippen LogP contribution in [0.3, 0.4) is 0 Å². The summed E-state index contributed by atoms with van der Waals surface area (Å²) in [4.78, 5) is 13.6. The zero-order valence-corrected chi connectivity index (χ0v) is 11.2. The number of ether oxygens (including phenoxy) is 1. The quantitative estimate of drug-likeness (QED) is 0.667. The Balaban J connectivity index is 2.28. The van der Waals surface area contributed by atoms with Crippen LogP contribution < -0.4 is 0 Å². The minimum absolute atomic E-state index is 0.178. The van der Waals surface area contributed by atoms with Gasteiger partial charge in [0.05, 0.1) is 12.7 Å². The Morgan fingerprint density at radius 2 is 2.35 bits per heavy atom. The number of hydrogen-bond acceptors (Lipinski definition) is 2. The van der Waals surface area contributed by atoms with Gasteiger partial charge < -0.3 is 9.64 Å². The van der Waals surface area contributed by atoms with E-state index in [1.165, 1.54) is 12.8 Å². The van der Waals surface area contributed by atoms with Crippen molar-refractivity contribution >= 4 is 5.91 Å². The zero-order chi connectivity index (χ0) is 12.7. The van der Waals surface area contributed by atoms with Crippen molar-refractivity contribution in [3.63, 3.8) is 0 Å². The second-order valence-corrected chi connectivity index (χ2v) is 5.15. The van der Waals surface area contributed by atoms with E-state index < -0.39 is 0 Å². The zero-order valence-electron chi connectivity index (χ0n) is 11.2. The first kappa shape index (κ1) is 14.2. The first-order valence-electron chi connectivity index (χ1n) is 6.63. The van der Waals surface area contributed by atoms with Gasteiger partial charge in [0, 0.05) is 19.5 Å². The molecule has 3 nitrogen and oxygen atoms in total. The van der Waals surface area contributed by atoms with Crippen LogP contribution in [0.2, 0.25) is 0 Å². The Kier molecular flexibility index (Phi) is 6.27. The largest absolute Gasteiger partial charge is 0.375 e. The number of nitrogens with zero attached hydrogens (tertiary/aromatic N) is 1. The molecule has 3 heteroatoms. The first-order valence-corrected chi connectivity index (χ1v) is 6.63. The van der Waals surface area contributed by atoms with Crippen molar-refractivity contribution in [1.82, 2.24) is 4.90 Å². The summed E-state index contributed by atoms with van der Waals surface area (Å²) in [6.07, 6.45) is 5.84. The van der Waals surface area contributed by atoms with Crippen LogP contribution in [0.4, 0.5) is 0 Å². The van der Waals surface area contributed by atoms with Crippen molar-refractivity contribution < 1.29 is 9.53 Å². The highest BCUT2D eigenvalue weighted by Crippen LogP contribution is 2.15. The topological polar surface area (TPSA) is 29.5 Å². The molecular weight excluding hydrogens is 214 g/mol. The highest BCUT2D eigenvalue weighted by Gasteiger charge is 2.22. The van der Waals surface area contributed by atoms with Crippen LogP contribution in [-0.2, 0) is 9.53 Å². The number of amides is 1. The van der Waals surface area contributed by atoms with E-state index in [0.717, 1.165) is 25.4 Å². The van der Waals surface area contributed by atoms with Gasteiger partial charge in [-0.05, 0) is 12.3 Å². The summed E-state index contributed by atoms with van der Waals surface area (Å²) in [6.45, 7) is 10.2. The second-order valence-electron chi connectivity index (χ2n) is 5.15. The second kappa shape index (κ2) is 7.49. The van der Waals surface area contributed by atoms with Gasteiger partial charge in [0.25, 0.3) is 0 Å². The number of carbonyl (C=O) groups is 1. The molecule has 1 aliphatic rings. The maximum atomic E-state index is 11.7. The summed E-state index contributed by atoms with van der Waals surface area (Å²) in [5, 5.41) is 0. The molecule has 0 aromatic carbocycles. The standard InChI is InChI=1S/C14H25NO2/c1-4-6-14(16)15-9-10-17-13(11-15)8-5-7-12(2)3/h4,12-13H,1,5-11H2,2-3H3. The Bertz CT molecular complexity index is 251. The van der Waals surface area contributed by atoms with Crippen molar-refractivity contribution in [1.29, 1.82) is 0 Å². The minimum Gasteiger partial charge on any atom is -0.375 e. The molecule has 0 radical (unpaired) electrons. The van der Waals surface area contributed by atoms with Crippen LogP contribution in [0.25, 0.3) is 0 Å². The van der Waals surface area contributed by atoms with Gasteiger partial charge in [-0.3, -0.25) is 4.79 Å². The summed E-state index contributed by atoms with van der Waals surface area (Å²) in [6, 6.07) is 0. The average Bonchev–Trinajstić information content (AvgIpc) is 2.29. The lowest BCUT2D eigenvalue weighted by atomic mass is 10.0. The molecule has 0 aliphatic carbocycles. The smallest absolute Gasteiger partial charge is 0.226 e. The third-order valence-corrected chi connectivity index (χ3v) is 3.12. The van der Waals surface area contributed by atoms with Gasteiger partial charge in [0.2, 0.25) is 5.91 Å². The molecule has 98 valence electrons. The van der Waals surface area contributed by atoms with Gasteiger partial charge in [0.1, 0.15) is 0 Å². The van der Waals surface area contributed by atoms with E-state index >= 15 is 0 Å². The van der Waals surface area contributed by atoms with Gasteiger partial charge in [0.15, 0.2) is 0 Å². The van der Waals surface area contributed by atoms with E-state index in [9.17, 15) is 4.79 Å². The van der Waals surface area contributed by atoms with Gasteiger partial charge in [-0.15, -0.1) is 6.58 Å². The fraction of sp³-hybridized carbons (Fsp3) is 0.786. The molecule has 0 aromatic heterocycles. The van der Waals surface area contributed by atoms with E-state index in [2.05, 4.69) is 20.4 Å². The van der Waals surface area contributed by atoms with Gasteiger partial charge in [-0.25, -0.2) is 0 Å². The minimum atomic E-state index is 0.178. The molecule has 0 N–H and O–H groups in total. The Hall–Kier alpha value is -0.830. The van der Waals surface area contributed by atoms with Crippen molar-refractivity contribution in [3.8, 4) is 0 Å². The normalized spacial score (nSPS) is 20.6. The van der Waals surface area contributed by atoms with Crippen molar-refractivity contribution in [2.24, 2.45) is 5.92 Å². The Labute approximate surface area is 105 Å². The first-order chi connectivity index (χ1) is 8.13. The van der Waals surface area contributed by atoms with Crippen LogP contribution in [0, 0.1) is 5.92 Å². The summed E-state index contributed by atoms with van der Waals surface area (Å²) in [5.41, 5.74) is 0. The van der Waals surface area contributed by atoms with Crippen molar-refractivity contribution in [3.05, 3.63) is 12.7 Å². The molecular formula is C14H25NO2. The fourth-order valence-electron chi connectivity index (χ4n) is 2.13. The van der Waals surface area contributed by atoms with Crippen molar-refractivity contribution in [2.45, 2.75) is 45.6 Å². The number of carbonyl (C=O) groups excluding carboxylic acids is 1. The molecule has 1 atom stereocenters. The fourth-order valence-corrected chi connectivity index (χ4v) is 2.13. The van der Waals surface area contributed by atoms with E-state index in [4.69, 9.17) is 4.74 Å². The molecule has 1 heterocycles. The number of morpholine rings is 1. The van der Waals surface area contributed by atoms with Gasteiger partial charge >= 0.3 is 0 Å². The molecule has 1 rings (SSSR count). The van der Waals surface area contributed by atoms with Crippen LogP contribution in [0.15, 0.2) is 12.7 Å². The lowest BCUT2D eigenvalue weighted by Crippen LogP contribution is -2.45. The monoisotopic (exact) mass is 239 g/mol. The Morgan fingerprint density at radius 1 is 1.59 bits per heavy atom. The molecule has 1 saturated heterocycles. The van der Waals surface area contributed by atoms with E-state index in [0.29, 0.717) is 13.0 Å². The maximum Gasteiger partial charge on any atom is 0.226 e. The summed E-state index contributed by atoms with van der Waals surface area (Å²) < 4.78 is 5.70. The molecule has 1 aliphatic heterocycles. The molecule has 1 unspecified atom stereocenters. The molecule has 1 fully saturated rings. The highest BCUT2D eigenvalue weighted by atomic mass is 16.5. The third-order valence-electron chi connectivity index (χ3n) is 3.12. The van der Waals surface area contributed by atoms with Crippen LogP contribution >= 0.6 is 0 Å². The van der Waals surface area contributed by atoms with Gasteiger partial charge in [-0.1, -0.05) is 32.8 Å². The molecule has 1 amide bonds. The maximum absolute atomic E-state index is 11.7. The predicted octanol–water partition coefficient (Wildman–Crippen LogP) is 2.62. The lowest BCUT2D eigenvalue weighted by Gasteiger charge is -2.33. The Morgan fingerprint density at radius 3 is 3.00 bits per heavy atom. The molecule has 0 spiro atoms. The predicted molar refractivity (Wildman–Crippen MR) is 69.8 cm³/mol. The van der Waals surface area contributed by atoms with Crippen molar-refractivity contribution in [2.75, 3.05) is 19.7 Å². The van der Waals surface area contributed by atoms with Gasteiger partial charge in [-0.2, -0.15) is 0 Å². The summed E-state index contributed by atoms with van der Waals surface area (Å²) in [5.74, 6) is 0.925. The van der Waals surface area contributed by atoms with Crippen LogP contribution in [-0.4, -0.2) is 36.6 Å². The summed E-state index contributed by atoms with van der Waals surface area (Å²) in [7, 11) is 0. The van der Waals surface area contributed by atoms with Crippen LogP contribution in [0.5, 0.6) is 0 Å². The number of hydrogen-bond donors (Lipinski definition) is 0. The highest BCUT2D eigenvalue weighted by molar-refractivity contribution is 5.77. The van der Waals surface area contributed by atoms with E-state index in [1.54, 1.807) is 6.08 Å². The average molecular weight is 239 g/mol.